The SMILES string of the molecule is COCCOc1nc(N)c2[nH]c(=O)n(Cc3ccc(CCC(=S)CCCCCC(N)C(=O)O)cc3)c2n1. The Morgan fingerprint density at radius 1 is 1.14 bits per heavy atom. The number of aliphatic carboxylic acids is 1. The maximum absolute atomic E-state index is 12.6. The highest BCUT2D eigenvalue weighted by Crippen LogP contribution is 2.19. The molecular formula is C25H34N6O5S. The van der Waals surface area contributed by atoms with Gasteiger partial charge in [0, 0.05) is 7.11 Å². The highest BCUT2D eigenvalue weighted by Gasteiger charge is 2.15. The number of benzene rings is 1. The van der Waals surface area contributed by atoms with Crippen molar-refractivity contribution in [1.29, 1.82) is 0 Å². The molecule has 0 saturated heterocycles. The van der Waals surface area contributed by atoms with Gasteiger partial charge in [-0.3, -0.25) is 9.36 Å². The van der Waals surface area contributed by atoms with Gasteiger partial charge < -0.3 is 31.0 Å². The summed E-state index contributed by atoms with van der Waals surface area (Å²) in [5, 5.41) is 8.81. The third-order valence-corrected chi connectivity index (χ3v) is 6.40. The maximum atomic E-state index is 12.6. The minimum absolute atomic E-state index is 0.0879. The van der Waals surface area contributed by atoms with Crippen LogP contribution in [-0.2, 0) is 22.5 Å². The Morgan fingerprint density at radius 3 is 2.57 bits per heavy atom. The van der Waals surface area contributed by atoms with Gasteiger partial charge in [-0.1, -0.05) is 49.3 Å². The molecule has 0 saturated carbocycles. The van der Waals surface area contributed by atoms with Crippen molar-refractivity contribution in [2.75, 3.05) is 26.1 Å². The Bertz CT molecular complexity index is 1260. The Labute approximate surface area is 220 Å². The van der Waals surface area contributed by atoms with E-state index in [0.717, 1.165) is 54.5 Å². The molecule has 2 heterocycles. The first-order valence-corrected chi connectivity index (χ1v) is 12.6. The summed E-state index contributed by atoms with van der Waals surface area (Å²) in [5.74, 6) is -0.811. The number of hydrogen-bond acceptors (Lipinski definition) is 9. The van der Waals surface area contributed by atoms with E-state index in [4.69, 9.17) is 38.3 Å². The molecule has 1 aromatic carbocycles. The van der Waals surface area contributed by atoms with Crippen LogP contribution in [-0.4, -0.2) is 61.8 Å². The number of nitrogens with zero attached hydrogens (tertiary/aromatic N) is 3. The smallest absolute Gasteiger partial charge is 0.328 e. The lowest BCUT2D eigenvalue weighted by Crippen LogP contribution is -2.29. The van der Waals surface area contributed by atoms with Gasteiger partial charge in [0.1, 0.15) is 18.2 Å². The summed E-state index contributed by atoms with van der Waals surface area (Å²) >= 11 is 5.51. The predicted molar refractivity (Wildman–Crippen MR) is 145 cm³/mol. The van der Waals surface area contributed by atoms with E-state index < -0.39 is 12.0 Å². The van der Waals surface area contributed by atoms with Crippen molar-refractivity contribution in [2.24, 2.45) is 5.73 Å². The van der Waals surface area contributed by atoms with Crippen molar-refractivity contribution >= 4 is 40.0 Å². The Morgan fingerprint density at radius 2 is 1.86 bits per heavy atom. The summed E-state index contributed by atoms with van der Waals surface area (Å²) in [6, 6.07) is 7.34. The number of thiocarbonyl (C=S) groups is 1. The fourth-order valence-electron chi connectivity index (χ4n) is 3.85. The Hall–Kier alpha value is -3.35. The number of hydrogen-bond donors (Lipinski definition) is 4. The van der Waals surface area contributed by atoms with Gasteiger partial charge in [-0.05, 0) is 48.1 Å². The van der Waals surface area contributed by atoms with E-state index in [0.29, 0.717) is 30.7 Å². The lowest BCUT2D eigenvalue weighted by Gasteiger charge is -2.08. The summed E-state index contributed by atoms with van der Waals surface area (Å²) in [7, 11) is 1.57. The van der Waals surface area contributed by atoms with E-state index in [9.17, 15) is 9.59 Å². The number of nitrogen functional groups attached to an aromatic ring is 1. The van der Waals surface area contributed by atoms with Gasteiger partial charge in [0.25, 0.3) is 0 Å². The summed E-state index contributed by atoms with van der Waals surface area (Å²) in [6.45, 7) is 0.960. The number of fused-ring (bicyclic) bond motifs is 1. The minimum Gasteiger partial charge on any atom is -0.480 e. The van der Waals surface area contributed by atoms with E-state index in [2.05, 4.69) is 15.0 Å². The van der Waals surface area contributed by atoms with Crippen LogP contribution >= 0.6 is 12.2 Å². The molecule has 0 spiro atoms. The molecule has 1 unspecified atom stereocenters. The van der Waals surface area contributed by atoms with Gasteiger partial charge in [-0.25, -0.2) is 4.79 Å². The maximum Gasteiger partial charge on any atom is 0.328 e. The molecule has 0 aliphatic heterocycles. The highest BCUT2D eigenvalue weighted by molar-refractivity contribution is 7.80. The zero-order valence-corrected chi connectivity index (χ0v) is 21.8. The van der Waals surface area contributed by atoms with Gasteiger partial charge in [-0.15, -0.1) is 0 Å². The van der Waals surface area contributed by atoms with Crippen LogP contribution in [0, 0.1) is 0 Å². The number of methoxy groups -OCH3 is 1. The van der Waals surface area contributed by atoms with Crippen LogP contribution < -0.4 is 21.9 Å². The van der Waals surface area contributed by atoms with Crippen molar-refractivity contribution in [1.82, 2.24) is 19.5 Å². The topological polar surface area (TPSA) is 171 Å². The number of carboxylic acid groups (broad SMARTS) is 1. The van der Waals surface area contributed by atoms with Crippen LogP contribution in [0.1, 0.15) is 49.7 Å². The van der Waals surface area contributed by atoms with Gasteiger partial charge in [-0.2, -0.15) is 9.97 Å². The largest absolute Gasteiger partial charge is 0.480 e. The average Bonchev–Trinajstić information content (AvgIpc) is 3.18. The Kier molecular flexibility index (Phi) is 10.5. The lowest BCUT2D eigenvalue weighted by atomic mass is 10.0. The zero-order chi connectivity index (χ0) is 26.8. The number of aromatic nitrogens is 4. The van der Waals surface area contributed by atoms with Crippen molar-refractivity contribution in [2.45, 2.75) is 57.5 Å². The minimum atomic E-state index is -0.953. The molecule has 6 N–H and O–H groups in total. The van der Waals surface area contributed by atoms with Gasteiger partial charge >= 0.3 is 17.7 Å². The molecule has 200 valence electrons. The average molecular weight is 531 g/mol. The van der Waals surface area contributed by atoms with Crippen LogP contribution in [0.3, 0.4) is 0 Å². The molecule has 3 aromatic rings. The van der Waals surface area contributed by atoms with Gasteiger partial charge in [0.2, 0.25) is 0 Å². The molecule has 0 radical (unpaired) electrons. The first-order valence-electron chi connectivity index (χ1n) is 12.2. The summed E-state index contributed by atoms with van der Waals surface area (Å²) < 4.78 is 11.9. The van der Waals surface area contributed by atoms with Gasteiger partial charge in [0.15, 0.2) is 11.5 Å². The van der Waals surface area contributed by atoms with E-state index in [-0.39, 0.29) is 24.1 Å². The summed E-state index contributed by atoms with van der Waals surface area (Å²) in [4.78, 5) is 35.5. The quantitative estimate of drug-likeness (QED) is 0.159. The second-order valence-corrected chi connectivity index (χ2v) is 9.42. The number of carbonyl (C=O) groups is 1. The number of nitrogens with one attached hydrogen (secondary N) is 1. The monoisotopic (exact) mass is 530 g/mol. The molecule has 0 aliphatic rings. The molecule has 0 aliphatic carbocycles. The molecular weight excluding hydrogens is 496 g/mol. The van der Waals surface area contributed by atoms with Crippen LogP contribution in [0.2, 0.25) is 0 Å². The number of aromatic amines is 1. The molecule has 2 aromatic heterocycles. The predicted octanol–water partition coefficient (Wildman–Crippen LogP) is 2.44. The van der Waals surface area contributed by atoms with Crippen LogP contribution in [0.25, 0.3) is 11.2 Å². The van der Waals surface area contributed by atoms with Crippen molar-refractivity contribution < 1.29 is 19.4 Å². The standard InChI is InChI=1S/C25H34N6O5S/c1-35-13-14-36-24-29-21(27)20-22(30-24)31(25(34)28-20)15-17-9-7-16(8-10-17)11-12-18(37)5-3-2-4-6-19(26)23(32)33/h7-10,19H,2-6,11-15,26H2,1H3,(H,28,34)(H,32,33)(H2,27,29,30). The molecule has 3 rings (SSSR count). The fourth-order valence-corrected chi connectivity index (χ4v) is 4.09. The number of ether oxygens (including phenoxy) is 2. The number of nitrogens with two attached hydrogens (primary N) is 2. The number of anilines is 1. The van der Waals surface area contributed by atoms with Crippen LogP contribution in [0.15, 0.2) is 29.1 Å². The number of aryl methyl sites for hydroxylation is 1. The highest BCUT2D eigenvalue weighted by atomic mass is 32.1. The third kappa shape index (κ3) is 8.34. The summed E-state index contributed by atoms with van der Waals surface area (Å²) in [5.41, 5.74) is 14.0. The molecule has 1 atom stereocenters. The molecule has 0 fully saturated rings. The van der Waals surface area contributed by atoms with E-state index in [1.165, 1.54) is 4.57 Å². The molecule has 0 amide bonds. The number of imidazole rings is 1. The van der Waals surface area contributed by atoms with Gasteiger partial charge in [0.05, 0.1) is 13.2 Å². The first kappa shape index (κ1) is 28.2. The van der Waals surface area contributed by atoms with E-state index in [1.807, 2.05) is 24.3 Å². The van der Waals surface area contributed by atoms with Crippen molar-refractivity contribution in [3.05, 3.63) is 45.9 Å². The number of carboxylic acids is 1. The Balaban J connectivity index is 1.52. The zero-order valence-electron chi connectivity index (χ0n) is 20.9. The normalized spacial score (nSPS) is 12.1. The van der Waals surface area contributed by atoms with E-state index in [1.54, 1.807) is 7.11 Å². The fraction of sp³-hybridized carbons (Fsp3) is 0.480. The second kappa shape index (κ2) is 13.8. The second-order valence-electron chi connectivity index (χ2n) is 8.85. The lowest BCUT2D eigenvalue weighted by molar-refractivity contribution is -0.138. The first-order chi connectivity index (χ1) is 17.8. The van der Waals surface area contributed by atoms with Crippen LogP contribution in [0.4, 0.5) is 5.82 Å². The third-order valence-electron chi connectivity index (χ3n) is 5.99. The van der Waals surface area contributed by atoms with Crippen molar-refractivity contribution in [3.8, 4) is 6.01 Å². The molecule has 0 bridgehead atoms. The molecule has 12 heteroatoms. The van der Waals surface area contributed by atoms with E-state index >= 15 is 0 Å². The number of H-pyrrole nitrogens is 1. The number of unbranched alkanes of at least 4 members (excludes halogenated alkanes) is 2. The summed E-state index contributed by atoms with van der Waals surface area (Å²) in [6.07, 6.45) is 5.63. The molecule has 37 heavy (non-hydrogen) atoms. The van der Waals surface area contributed by atoms with Crippen LogP contribution in [0.5, 0.6) is 6.01 Å². The number of rotatable bonds is 16. The molecule has 11 nitrogen and oxygen atoms in total. The van der Waals surface area contributed by atoms with Crippen molar-refractivity contribution in [3.63, 3.8) is 0 Å².